The second-order valence-electron chi connectivity index (χ2n) is 8.29. The van der Waals surface area contributed by atoms with Gasteiger partial charge in [0.1, 0.15) is 0 Å². The molecular weight excluding hydrogens is 354 g/mol. The Kier molecular flexibility index (Phi) is 5.80. The number of anilines is 1. The number of hydrogen-bond acceptors (Lipinski definition) is 1. The van der Waals surface area contributed by atoms with Crippen molar-refractivity contribution in [2.45, 2.75) is 51.9 Å². The molecule has 2 heteroatoms. The Morgan fingerprint density at radius 3 is 2.00 bits per heavy atom. The lowest BCUT2D eigenvalue weighted by molar-refractivity contribution is 0.102. The molecule has 0 bridgehead atoms. The summed E-state index contributed by atoms with van der Waals surface area (Å²) in [5.74, 6) is 0.654. The van der Waals surface area contributed by atoms with Crippen LogP contribution in [0.25, 0.3) is 11.1 Å². The number of carbonyl (C=O) groups is 1. The first-order valence-electron chi connectivity index (χ1n) is 10.7. The first-order chi connectivity index (χ1) is 14.1. The van der Waals surface area contributed by atoms with Gasteiger partial charge in [-0.15, -0.1) is 0 Å². The molecular formula is C27H29NO. The zero-order chi connectivity index (χ0) is 20.2. The Morgan fingerprint density at radius 1 is 0.759 bits per heavy atom. The Labute approximate surface area is 174 Å². The molecule has 0 spiro atoms. The normalized spacial score (nSPS) is 14.6. The molecule has 0 atom stereocenters. The molecule has 29 heavy (non-hydrogen) atoms. The number of amides is 1. The molecule has 0 radical (unpaired) electrons. The van der Waals surface area contributed by atoms with Crippen molar-refractivity contribution in [3.63, 3.8) is 0 Å². The Bertz CT molecular complexity index is 980. The van der Waals surface area contributed by atoms with Gasteiger partial charge in [0.15, 0.2) is 0 Å². The predicted octanol–water partition coefficient (Wildman–Crippen LogP) is 7.27. The number of nitrogens with one attached hydrogen (secondary N) is 1. The smallest absolute Gasteiger partial charge is 0.255 e. The van der Waals surface area contributed by atoms with Crippen molar-refractivity contribution >= 4 is 11.6 Å². The van der Waals surface area contributed by atoms with E-state index in [-0.39, 0.29) is 5.91 Å². The lowest BCUT2D eigenvalue weighted by Crippen LogP contribution is -2.11. The lowest BCUT2D eigenvalue weighted by atomic mass is 9.84. The van der Waals surface area contributed by atoms with E-state index in [1.807, 2.05) is 42.5 Å². The molecule has 2 nitrogen and oxygen atoms in total. The van der Waals surface area contributed by atoms with Gasteiger partial charge in [0.05, 0.1) is 0 Å². The maximum absolute atomic E-state index is 12.6. The van der Waals surface area contributed by atoms with E-state index in [9.17, 15) is 4.79 Å². The van der Waals surface area contributed by atoms with Crippen LogP contribution in [-0.2, 0) is 0 Å². The van der Waals surface area contributed by atoms with Gasteiger partial charge in [-0.25, -0.2) is 0 Å². The first-order valence-corrected chi connectivity index (χ1v) is 10.7. The van der Waals surface area contributed by atoms with Crippen LogP contribution in [0.2, 0.25) is 0 Å². The minimum absolute atomic E-state index is 0.0764. The third-order valence-electron chi connectivity index (χ3n) is 6.23. The van der Waals surface area contributed by atoms with Crippen LogP contribution in [0.3, 0.4) is 0 Å². The van der Waals surface area contributed by atoms with Crippen LogP contribution in [0.5, 0.6) is 0 Å². The second-order valence-corrected chi connectivity index (χ2v) is 8.29. The summed E-state index contributed by atoms with van der Waals surface area (Å²) in [5, 5.41) is 2.99. The van der Waals surface area contributed by atoms with E-state index >= 15 is 0 Å². The maximum atomic E-state index is 12.6. The summed E-state index contributed by atoms with van der Waals surface area (Å²) < 4.78 is 0. The molecule has 0 heterocycles. The topological polar surface area (TPSA) is 29.1 Å². The van der Waals surface area contributed by atoms with Gasteiger partial charge in [-0.05, 0) is 84.7 Å². The molecule has 1 N–H and O–H groups in total. The molecule has 3 aromatic rings. The van der Waals surface area contributed by atoms with E-state index < -0.39 is 0 Å². The minimum atomic E-state index is -0.0764. The lowest BCUT2D eigenvalue weighted by Gasteiger charge is -2.22. The summed E-state index contributed by atoms with van der Waals surface area (Å²) in [7, 11) is 0. The largest absolute Gasteiger partial charge is 0.322 e. The predicted molar refractivity (Wildman–Crippen MR) is 122 cm³/mol. The van der Waals surface area contributed by atoms with Crippen LogP contribution in [0.4, 0.5) is 5.69 Å². The summed E-state index contributed by atoms with van der Waals surface area (Å²) in [6.07, 6.45) is 6.75. The standard InChI is InChI=1S/C27H29NO/c1-19-8-17-26(18-20(19)2)28-27(29)25-15-13-24(14-16-25)23-11-9-22(10-12-23)21-6-4-3-5-7-21/h8-18,21H,3-7H2,1-2H3,(H,28,29). The highest BCUT2D eigenvalue weighted by molar-refractivity contribution is 6.04. The van der Waals surface area contributed by atoms with Gasteiger partial charge in [-0.3, -0.25) is 4.79 Å². The van der Waals surface area contributed by atoms with Gasteiger partial charge in [-0.1, -0.05) is 61.7 Å². The summed E-state index contributed by atoms with van der Waals surface area (Å²) in [4.78, 5) is 12.6. The van der Waals surface area contributed by atoms with Gasteiger partial charge in [0.25, 0.3) is 5.91 Å². The fraction of sp³-hybridized carbons (Fsp3) is 0.296. The molecule has 1 aliphatic carbocycles. The third-order valence-corrected chi connectivity index (χ3v) is 6.23. The molecule has 0 aromatic heterocycles. The minimum Gasteiger partial charge on any atom is -0.322 e. The quantitative estimate of drug-likeness (QED) is 0.504. The molecule has 0 aliphatic heterocycles. The molecule has 3 aromatic carbocycles. The Balaban J connectivity index is 1.44. The highest BCUT2D eigenvalue weighted by atomic mass is 16.1. The van der Waals surface area contributed by atoms with E-state index in [0.717, 1.165) is 17.2 Å². The van der Waals surface area contributed by atoms with E-state index in [2.05, 4.69) is 43.4 Å². The van der Waals surface area contributed by atoms with Gasteiger partial charge < -0.3 is 5.32 Å². The molecule has 1 aliphatic rings. The zero-order valence-electron chi connectivity index (χ0n) is 17.4. The zero-order valence-corrected chi connectivity index (χ0v) is 17.4. The van der Waals surface area contributed by atoms with E-state index in [1.165, 1.54) is 54.4 Å². The molecule has 0 saturated heterocycles. The number of rotatable bonds is 4. The average Bonchev–Trinajstić information content (AvgIpc) is 2.77. The molecule has 4 rings (SSSR count). The van der Waals surface area contributed by atoms with Crippen molar-refractivity contribution in [2.75, 3.05) is 5.32 Å². The number of carbonyl (C=O) groups excluding carboxylic acids is 1. The SMILES string of the molecule is Cc1ccc(NC(=O)c2ccc(-c3ccc(C4CCCCC4)cc3)cc2)cc1C. The van der Waals surface area contributed by atoms with Crippen LogP contribution in [0.15, 0.2) is 66.7 Å². The van der Waals surface area contributed by atoms with Gasteiger partial charge in [-0.2, -0.15) is 0 Å². The summed E-state index contributed by atoms with van der Waals surface area (Å²) in [5.41, 5.74) is 7.72. The molecule has 0 unspecified atom stereocenters. The van der Waals surface area contributed by atoms with Gasteiger partial charge in [0.2, 0.25) is 0 Å². The summed E-state index contributed by atoms with van der Waals surface area (Å²) >= 11 is 0. The number of hydrogen-bond donors (Lipinski definition) is 1. The van der Waals surface area contributed by atoms with Crippen LogP contribution >= 0.6 is 0 Å². The van der Waals surface area contributed by atoms with Crippen molar-refractivity contribution in [2.24, 2.45) is 0 Å². The van der Waals surface area contributed by atoms with Crippen molar-refractivity contribution in [1.29, 1.82) is 0 Å². The molecule has 1 saturated carbocycles. The van der Waals surface area contributed by atoms with Crippen LogP contribution < -0.4 is 5.32 Å². The number of aryl methyl sites for hydroxylation is 2. The average molecular weight is 384 g/mol. The first kappa shape index (κ1) is 19.4. The van der Waals surface area contributed by atoms with E-state index in [1.54, 1.807) is 0 Å². The van der Waals surface area contributed by atoms with E-state index in [0.29, 0.717) is 5.56 Å². The Hall–Kier alpha value is -2.87. The monoisotopic (exact) mass is 383 g/mol. The van der Waals surface area contributed by atoms with Crippen molar-refractivity contribution in [1.82, 2.24) is 0 Å². The van der Waals surface area contributed by atoms with Gasteiger partial charge >= 0.3 is 0 Å². The van der Waals surface area contributed by atoms with E-state index in [4.69, 9.17) is 0 Å². The van der Waals surface area contributed by atoms with Crippen LogP contribution in [-0.4, -0.2) is 5.91 Å². The van der Waals surface area contributed by atoms with Crippen molar-refractivity contribution in [3.05, 3.63) is 89.0 Å². The molecule has 1 amide bonds. The summed E-state index contributed by atoms with van der Waals surface area (Å²) in [6.45, 7) is 4.13. The number of benzene rings is 3. The fourth-order valence-corrected chi connectivity index (χ4v) is 4.22. The van der Waals surface area contributed by atoms with Crippen molar-refractivity contribution < 1.29 is 4.79 Å². The Morgan fingerprint density at radius 2 is 1.38 bits per heavy atom. The summed E-state index contributed by atoms with van der Waals surface area (Å²) in [6, 6.07) is 22.9. The highest BCUT2D eigenvalue weighted by Crippen LogP contribution is 2.33. The third kappa shape index (κ3) is 4.59. The fourth-order valence-electron chi connectivity index (χ4n) is 4.22. The van der Waals surface area contributed by atoms with Crippen LogP contribution in [0.1, 0.15) is 65.1 Å². The maximum Gasteiger partial charge on any atom is 0.255 e. The van der Waals surface area contributed by atoms with Crippen LogP contribution in [0, 0.1) is 13.8 Å². The van der Waals surface area contributed by atoms with Crippen molar-refractivity contribution in [3.8, 4) is 11.1 Å². The molecule has 1 fully saturated rings. The second kappa shape index (κ2) is 8.65. The molecule has 148 valence electrons. The van der Waals surface area contributed by atoms with Gasteiger partial charge in [0, 0.05) is 11.3 Å². The highest BCUT2D eigenvalue weighted by Gasteiger charge is 2.15.